The fraction of sp³-hybridized carbons (Fsp3) is 0.650. The van der Waals surface area contributed by atoms with Crippen molar-refractivity contribution in [3.63, 3.8) is 0 Å². The summed E-state index contributed by atoms with van der Waals surface area (Å²) in [4.78, 5) is 16.9. The molecule has 2 rings (SSSR count). The summed E-state index contributed by atoms with van der Waals surface area (Å²) < 4.78 is 0. The second-order valence-corrected chi connectivity index (χ2v) is 7.87. The van der Waals surface area contributed by atoms with Gasteiger partial charge in [0.25, 0.3) is 0 Å². The van der Waals surface area contributed by atoms with Crippen molar-refractivity contribution in [3.8, 4) is 0 Å². The summed E-state index contributed by atoms with van der Waals surface area (Å²) in [5, 5.41) is 13.3. The van der Waals surface area contributed by atoms with E-state index in [1.165, 1.54) is 19.3 Å². The summed E-state index contributed by atoms with van der Waals surface area (Å²) in [6.07, 6.45) is 3.81. The molecule has 0 aliphatic carbocycles. The summed E-state index contributed by atoms with van der Waals surface area (Å²) in [5.74, 6) is 0. The Bertz CT molecular complexity index is 521. The van der Waals surface area contributed by atoms with E-state index in [0.717, 1.165) is 25.2 Å². The van der Waals surface area contributed by atoms with E-state index in [0.29, 0.717) is 13.1 Å². The van der Waals surface area contributed by atoms with Crippen LogP contribution in [-0.2, 0) is 6.54 Å². The van der Waals surface area contributed by atoms with Gasteiger partial charge in [-0.1, -0.05) is 36.8 Å². The van der Waals surface area contributed by atoms with Gasteiger partial charge < -0.3 is 20.2 Å². The molecule has 0 radical (unpaired) electrons. The second-order valence-electron chi connectivity index (χ2n) is 7.87. The Morgan fingerprint density at radius 1 is 1.24 bits per heavy atom. The maximum absolute atomic E-state index is 12.8. The number of likely N-dealkylation sites (tertiary alicyclic amines) is 1. The van der Waals surface area contributed by atoms with Crippen molar-refractivity contribution in [1.82, 2.24) is 15.1 Å². The summed E-state index contributed by atoms with van der Waals surface area (Å²) in [6.45, 7) is 9.43. The zero-order valence-corrected chi connectivity index (χ0v) is 15.9. The molecule has 1 aromatic rings. The van der Waals surface area contributed by atoms with Crippen LogP contribution >= 0.6 is 0 Å². The Morgan fingerprint density at radius 3 is 2.48 bits per heavy atom. The van der Waals surface area contributed by atoms with Crippen molar-refractivity contribution < 1.29 is 9.90 Å². The van der Waals surface area contributed by atoms with E-state index >= 15 is 0 Å². The average Bonchev–Trinajstić information content (AvgIpc) is 2.54. The van der Waals surface area contributed by atoms with E-state index in [9.17, 15) is 9.90 Å². The van der Waals surface area contributed by atoms with Crippen molar-refractivity contribution in [3.05, 3.63) is 35.9 Å². The predicted molar refractivity (Wildman–Crippen MR) is 101 cm³/mol. The molecule has 2 amide bonds. The average molecular weight is 348 g/mol. The normalized spacial score (nSPS) is 17.1. The number of carbonyl (C=O) groups excluding carboxylic acids is 1. The number of urea groups is 1. The summed E-state index contributed by atoms with van der Waals surface area (Å²) >= 11 is 0. The fourth-order valence-electron chi connectivity index (χ4n) is 3.35. The monoisotopic (exact) mass is 347 g/mol. The number of nitrogens with one attached hydrogen (secondary N) is 1. The van der Waals surface area contributed by atoms with Gasteiger partial charge in [-0.15, -0.1) is 0 Å². The van der Waals surface area contributed by atoms with Gasteiger partial charge in [0.2, 0.25) is 0 Å². The first-order chi connectivity index (χ1) is 11.8. The van der Waals surface area contributed by atoms with E-state index in [2.05, 4.69) is 17.1 Å². The van der Waals surface area contributed by atoms with E-state index in [1.807, 2.05) is 30.3 Å². The number of aliphatic hydroxyl groups is 1. The lowest BCUT2D eigenvalue weighted by Crippen LogP contribution is -2.51. The van der Waals surface area contributed by atoms with Crippen LogP contribution in [0.2, 0.25) is 0 Å². The topological polar surface area (TPSA) is 55.8 Å². The quantitative estimate of drug-likeness (QED) is 0.797. The summed E-state index contributed by atoms with van der Waals surface area (Å²) in [7, 11) is 0. The first-order valence-corrected chi connectivity index (χ1v) is 9.37. The minimum atomic E-state index is -0.928. The number of rotatable bonds is 7. The number of nitrogens with zero attached hydrogens (tertiary/aromatic N) is 2. The van der Waals surface area contributed by atoms with Crippen LogP contribution in [0.3, 0.4) is 0 Å². The highest BCUT2D eigenvalue weighted by molar-refractivity contribution is 5.74. The molecule has 25 heavy (non-hydrogen) atoms. The van der Waals surface area contributed by atoms with Gasteiger partial charge in [-0.2, -0.15) is 0 Å². The maximum atomic E-state index is 12.8. The highest BCUT2D eigenvalue weighted by Crippen LogP contribution is 2.12. The first kappa shape index (κ1) is 19.7. The van der Waals surface area contributed by atoms with Crippen LogP contribution in [0, 0.1) is 0 Å². The minimum absolute atomic E-state index is 0.0886. The molecule has 0 bridgehead atoms. The van der Waals surface area contributed by atoms with Crippen LogP contribution in [-0.4, -0.2) is 58.8 Å². The van der Waals surface area contributed by atoms with E-state index in [4.69, 9.17) is 0 Å². The van der Waals surface area contributed by atoms with Crippen LogP contribution in [0.4, 0.5) is 4.79 Å². The molecule has 0 spiro atoms. The lowest BCUT2D eigenvalue weighted by atomic mass is 10.1. The molecule has 1 saturated heterocycles. The number of hydrogen-bond acceptors (Lipinski definition) is 3. The number of amides is 2. The second kappa shape index (κ2) is 9.20. The van der Waals surface area contributed by atoms with Crippen molar-refractivity contribution >= 4 is 6.03 Å². The van der Waals surface area contributed by atoms with Gasteiger partial charge >= 0.3 is 6.03 Å². The van der Waals surface area contributed by atoms with Crippen LogP contribution in [0.5, 0.6) is 0 Å². The van der Waals surface area contributed by atoms with E-state index in [-0.39, 0.29) is 12.1 Å². The standard InChI is InChI=1S/C20H33N3O2/c1-17(14-22-12-8-5-9-13-22)21-19(24)23(16-20(2,3)25)15-18-10-6-4-7-11-18/h4,6-7,10-11,17,25H,5,8-9,12-16H2,1-3H3,(H,21,24). The SMILES string of the molecule is CC(CN1CCCCC1)NC(=O)N(Cc1ccccc1)CC(C)(C)O. The Kier molecular flexibility index (Phi) is 7.26. The van der Waals surface area contributed by atoms with Crippen LogP contribution in [0.25, 0.3) is 0 Å². The highest BCUT2D eigenvalue weighted by Gasteiger charge is 2.24. The minimum Gasteiger partial charge on any atom is -0.389 e. The van der Waals surface area contributed by atoms with Gasteiger partial charge in [0.1, 0.15) is 0 Å². The highest BCUT2D eigenvalue weighted by atomic mass is 16.3. The molecule has 2 N–H and O–H groups in total. The van der Waals surface area contributed by atoms with Gasteiger partial charge in [-0.3, -0.25) is 0 Å². The van der Waals surface area contributed by atoms with Crippen LogP contribution < -0.4 is 5.32 Å². The van der Waals surface area contributed by atoms with Gasteiger partial charge in [-0.05, 0) is 52.3 Å². The van der Waals surface area contributed by atoms with Gasteiger partial charge in [0.05, 0.1) is 12.1 Å². The van der Waals surface area contributed by atoms with E-state index < -0.39 is 5.60 Å². The smallest absolute Gasteiger partial charge is 0.318 e. The van der Waals surface area contributed by atoms with Crippen molar-refractivity contribution in [1.29, 1.82) is 0 Å². The number of benzene rings is 1. The Labute approximate surface area is 152 Å². The molecule has 1 unspecified atom stereocenters. The van der Waals surface area contributed by atoms with Gasteiger partial charge in [0.15, 0.2) is 0 Å². The third kappa shape index (κ3) is 7.45. The fourth-order valence-corrected chi connectivity index (χ4v) is 3.35. The number of carbonyl (C=O) groups is 1. The molecular weight excluding hydrogens is 314 g/mol. The van der Waals surface area contributed by atoms with Crippen LogP contribution in [0.1, 0.15) is 45.6 Å². The van der Waals surface area contributed by atoms with Crippen molar-refractivity contribution in [2.75, 3.05) is 26.2 Å². The molecule has 0 aromatic heterocycles. The zero-order chi connectivity index (χ0) is 18.3. The molecule has 1 aliphatic heterocycles. The molecule has 0 saturated carbocycles. The molecule has 1 aromatic carbocycles. The lowest BCUT2D eigenvalue weighted by Gasteiger charge is -2.33. The first-order valence-electron chi connectivity index (χ1n) is 9.37. The number of hydrogen-bond donors (Lipinski definition) is 2. The molecule has 5 heteroatoms. The molecule has 1 fully saturated rings. The largest absolute Gasteiger partial charge is 0.389 e. The summed E-state index contributed by atoms with van der Waals surface area (Å²) in [6, 6.07) is 9.87. The molecule has 140 valence electrons. The molecule has 1 atom stereocenters. The summed E-state index contributed by atoms with van der Waals surface area (Å²) in [5.41, 5.74) is 0.132. The molecule has 1 heterocycles. The predicted octanol–water partition coefficient (Wildman–Crippen LogP) is 2.84. The van der Waals surface area contributed by atoms with Crippen molar-refractivity contribution in [2.45, 2.75) is 58.2 Å². The number of piperidine rings is 1. The molecule has 5 nitrogen and oxygen atoms in total. The third-order valence-corrected chi connectivity index (χ3v) is 4.43. The maximum Gasteiger partial charge on any atom is 0.318 e. The molecule has 1 aliphatic rings. The van der Waals surface area contributed by atoms with Crippen LogP contribution in [0.15, 0.2) is 30.3 Å². The Hall–Kier alpha value is -1.59. The molecular formula is C20H33N3O2. The van der Waals surface area contributed by atoms with E-state index in [1.54, 1.807) is 18.7 Å². The lowest BCUT2D eigenvalue weighted by molar-refractivity contribution is 0.0440. The van der Waals surface area contributed by atoms with Crippen molar-refractivity contribution in [2.24, 2.45) is 0 Å². The Morgan fingerprint density at radius 2 is 1.88 bits per heavy atom. The Balaban J connectivity index is 1.93. The van der Waals surface area contributed by atoms with Gasteiger partial charge in [-0.25, -0.2) is 4.79 Å². The zero-order valence-electron chi connectivity index (χ0n) is 15.9. The van der Waals surface area contributed by atoms with Gasteiger partial charge in [0, 0.05) is 19.1 Å². The third-order valence-electron chi connectivity index (χ3n) is 4.43.